The van der Waals surface area contributed by atoms with Crippen molar-refractivity contribution in [2.75, 3.05) is 6.61 Å². The second-order valence-corrected chi connectivity index (χ2v) is 2.86. The molecule has 12 heavy (non-hydrogen) atoms. The van der Waals surface area contributed by atoms with Crippen LogP contribution >= 0.6 is 0 Å². The Kier molecular flexibility index (Phi) is 4.06. The normalized spacial score (nSPS) is 14.2. The van der Waals surface area contributed by atoms with Gasteiger partial charge in [-0.2, -0.15) is 8.42 Å². The third-order valence-corrected chi connectivity index (χ3v) is 1.32. The molecule has 0 saturated heterocycles. The Morgan fingerprint density at radius 3 is 2.42 bits per heavy atom. The van der Waals surface area contributed by atoms with Crippen molar-refractivity contribution in [2.45, 2.75) is 6.04 Å². The molecule has 0 radical (unpaired) electrons. The minimum Gasteiger partial charge on any atom is -0.480 e. The van der Waals surface area contributed by atoms with Gasteiger partial charge in [0, 0.05) is 0 Å². The van der Waals surface area contributed by atoms with E-state index in [9.17, 15) is 13.2 Å². The fraction of sp³-hybridized carbons (Fsp3) is 0.667. The van der Waals surface area contributed by atoms with Crippen molar-refractivity contribution >= 4 is 16.4 Å². The summed E-state index contributed by atoms with van der Waals surface area (Å²) >= 11 is 0. The van der Waals surface area contributed by atoms with Gasteiger partial charge in [0.1, 0.15) is 6.04 Å². The molecule has 72 valence electrons. The summed E-state index contributed by atoms with van der Waals surface area (Å²) in [4.78, 5) is 10.1. The molecule has 9 heteroatoms. The van der Waals surface area contributed by atoms with E-state index in [-0.39, 0.29) is 0 Å². The van der Waals surface area contributed by atoms with Gasteiger partial charge < -0.3 is 5.11 Å². The molecule has 0 fully saturated rings. The van der Waals surface area contributed by atoms with Crippen LogP contribution in [-0.4, -0.2) is 36.7 Å². The summed E-state index contributed by atoms with van der Waals surface area (Å²) < 4.78 is 31.7. The van der Waals surface area contributed by atoms with E-state index in [1.165, 1.54) is 0 Å². The van der Waals surface area contributed by atoms with Crippen LogP contribution in [0.15, 0.2) is 0 Å². The van der Waals surface area contributed by atoms with Crippen molar-refractivity contribution in [1.29, 1.82) is 0 Å². The van der Waals surface area contributed by atoms with Gasteiger partial charge in [0.25, 0.3) is 0 Å². The Morgan fingerprint density at radius 1 is 1.67 bits per heavy atom. The van der Waals surface area contributed by atoms with E-state index in [1.807, 2.05) is 0 Å². The molecule has 0 saturated carbocycles. The molecule has 0 aromatic heterocycles. The number of carboxylic acids is 1. The minimum absolute atomic E-state index is 0.773. The predicted octanol–water partition coefficient (Wildman–Crippen LogP) is -2.28. The molecular weight excluding hydrogens is 192 g/mol. The molecule has 1 unspecified atom stereocenters. The fourth-order valence-electron chi connectivity index (χ4n) is 0.345. The highest BCUT2D eigenvalue weighted by atomic mass is 32.3. The Hall–Kier alpha value is -0.740. The number of nitrogens with two attached hydrogens (primary N) is 1. The summed E-state index contributed by atoms with van der Waals surface area (Å²) in [5.41, 5.74) is 1.77. The van der Waals surface area contributed by atoms with Crippen LogP contribution in [0.5, 0.6) is 0 Å². The molecule has 5 N–H and O–H groups in total. The first-order chi connectivity index (χ1) is 5.37. The Morgan fingerprint density at radius 2 is 2.17 bits per heavy atom. The number of carbonyl (C=O) groups is 1. The van der Waals surface area contributed by atoms with Crippen LogP contribution in [0.4, 0.5) is 0 Å². The van der Waals surface area contributed by atoms with Crippen molar-refractivity contribution in [3.8, 4) is 0 Å². The van der Waals surface area contributed by atoms with Gasteiger partial charge in [-0.1, -0.05) is 0 Å². The zero-order chi connectivity index (χ0) is 9.78. The van der Waals surface area contributed by atoms with Crippen LogP contribution in [0.3, 0.4) is 0 Å². The number of nitrogens with one attached hydrogen (secondary N) is 1. The number of carboxylic acid groups (broad SMARTS) is 1. The molecule has 8 nitrogen and oxygen atoms in total. The van der Waals surface area contributed by atoms with E-state index in [1.54, 1.807) is 5.43 Å². The average molecular weight is 200 g/mol. The van der Waals surface area contributed by atoms with Gasteiger partial charge in [0.15, 0.2) is 0 Å². The van der Waals surface area contributed by atoms with Crippen molar-refractivity contribution in [3.63, 3.8) is 0 Å². The molecule has 0 rings (SSSR count). The topological polar surface area (TPSA) is 139 Å². The highest BCUT2D eigenvalue weighted by Gasteiger charge is 2.18. The molecule has 0 spiro atoms. The van der Waals surface area contributed by atoms with Crippen molar-refractivity contribution in [2.24, 2.45) is 5.84 Å². The van der Waals surface area contributed by atoms with Gasteiger partial charge in [-0.25, -0.2) is 9.61 Å². The second-order valence-electron chi connectivity index (χ2n) is 1.77. The second kappa shape index (κ2) is 4.33. The number of hydrogen-bond acceptors (Lipinski definition) is 6. The molecule has 0 aliphatic carbocycles. The zero-order valence-corrected chi connectivity index (χ0v) is 6.61. The summed E-state index contributed by atoms with van der Waals surface area (Å²) in [5.74, 6) is 3.33. The van der Waals surface area contributed by atoms with Crippen LogP contribution in [0.2, 0.25) is 0 Å². The number of rotatable bonds is 5. The summed E-state index contributed by atoms with van der Waals surface area (Å²) in [5, 5.41) is 8.27. The molecule has 0 aromatic rings. The van der Waals surface area contributed by atoms with Gasteiger partial charge in [0.2, 0.25) is 0 Å². The first-order valence-corrected chi connectivity index (χ1v) is 4.04. The van der Waals surface area contributed by atoms with Gasteiger partial charge in [-0.15, -0.1) is 0 Å². The van der Waals surface area contributed by atoms with Crippen LogP contribution in [-0.2, 0) is 19.4 Å². The number of hydrogen-bond donors (Lipinski definition) is 4. The summed E-state index contributed by atoms with van der Waals surface area (Å²) in [6.07, 6.45) is 0. The standard InChI is InChI=1S/C3H8N2O6S/c4-5-2(3(6)7)1-11-12(8,9)10/h2,5H,1,4H2,(H,6,7)(H,8,9,10). The quantitative estimate of drug-likeness (QED) is 0.221. The van der Waals surface area contributed by atoms with Crippen LogP contribution in [0.1, 0.15) is 0 Å². The molecule has 0 bridgehead atoms. The highest BCUT2D eigenvalue weighted by Crippen LogP contribution is 1.90. The van der Waals surface area contributed by atoms with Crippen LogP contribution in [0.25, 0.3) is 0 Å². The number of hydrazine groups is 1. The van der Waals surface area contributed by atoms with Gasteiger partial charge in [0.05, 0.1) is 6.61 Å². The molecule has 1 atom stereocenters. The van der Waals surface area contributed by atoms with Gasteiger partial charge in [-0.05, 0) is 0 Å². The van der Waals surface area contributed by atoms with Crippen molar-refractivity contribution in [1.82, 2.24) is 5.43 Å². The SMILES string of the molecule is NNC(COS(=O)(=O)O)C(=O)O. The smallest absolute Gasteiger partial charge is 0.397 e. The lowest BCUT2D eigenvalue weighted by atomic mass is 10.3. The van der Waals surface area contributed by atoms with Crippen LogP contribution in [0, 0.1) is 0 Å². The fourth-order valence-corrected chi connectivity index (χ4v) is 0.653. The van der Waals surface area contributed by atoms with E-state index in [4.69, 9.17) is 15.5 Å². The number of aliphatic carboxylic acids is 1. The van der Waals surface area contributed by atoms with Gasteiger partial charge >= 0.3 is 16.4 Å². The molecule has 0 heterocycles. The Balaban J connectivity index is 3.98. The Labute approximate surface area is 68.2 Å². The molecule has 0 aliphatic heterocycles. The molecule has 0 aliphatic rings. The summed E-state index contributed by atoms with van der Waals surface area (Å²) in [6.45, 7) is -0.773. The molecule has 0 amide bonds. The monoisotopic (exact) mass is 200 g/mol. The lowest BCUT2D eigenvalue weighted by Gasteiger charge is -2.08. The maximum absolute atomic E-state index is 10.1. The van der Waals surface area contributed by atoms with Gasteiger partial charge in [-0.3, -0.25) is 15.2 Å². The largest absolute Gasteiger partial charge is 0.480 e. The lowest BCUT2D eigenvalue weighted by Crippen LogP contribution is -2.45. The summed E-state index contributed by atoms with van der Waals surface area (Å²) in [6, 6.07) is -1.38. The van der Waals surface area contributed by atoms with E-state index in [0.29, 0.717) is 0 Å². The van der Waals surface area contributed by atoms with Crippen LogP contribution < -0.4 is 11.3 Å². The zero-order valence-electron chi connectivity index (χ0n) is 5.80. The average Bonchev–Trinajstić information content (AvgIpc) is 1.85. The van der Waals surface area contributed by atoms with Crippen molar-refractivity contribution < 1.29 is 27.1 Å². The summed E-state index contributed by atoms with van der Waals surface area (Å²) in [7, 11) is -4.62. The maximum Gasteiger partial charge on any atom is 0.397 e. The van der Waals surface area contributed by atoms with Crippen molar-refractivity contribution in [3.05, 3.63) is 0 Å². The molecular formula is C3H8N2O6S. The van der Waals surface area contributed by atoms with E-state index in [2.05, 4.69) is 4.18 Å². The van der Waals surface area contributed by atoms with E-state index < -0.39 is 29.0 Å². The Bertz CT molecular complexity index is 248. The third kappa shape index (κ3) is 4.98. The predicted molar refractivity (Wildman–Crippen MR) is 36.2 cm³/mol. The van der Waals surface area contributed by atoms with E-state index >= 15 is 0 Å². The highest BCUT2D eigenvalue weighted by molar-refractivity contribution is 7.80. The third-order valence-electron chi connectivity index (χ3n) is 0.883. The minimum atomic E-state index is -4.62. The van der Waals surface area contributed by atoms with E-state index in [0.717, 1.165) is 0 Å². The molecule has 0 aromatic carbocycles. The lowest BCUT2D eigenvalue weighted by molar-refractivity contribution is -0.140. The maximum atomic E-state index is 10.1. The first kappa shape index (κ1) is 11.3. The first-order valence-electron chi connectivity index (χ1n) is 2.67.